The minimum absolute atomic E-state index is 0.0648. The maximum absolute atomic E-state index is 12.3. The molecule has 1 saturated heterocycles. The summed E-state index contributed by atoms with van der Waals surface area (Å²) in [5, 5.41) is 3.02. The van der Waals surface area contributed by atoms with Crippen molar-refractivity contribution in [2.75, 3.05) is 13.2 Å². The Bertz CT molecular complexity index is 462. The second-order valence-corrected chi connectivity index (χ2v) is 6.28. The largest absolute Gasteiger partial charge is 0.494 e. The molecule has 4 nitrogen and oxygen atoms in total. The summed E-state index contributed by atoms with van der Waals surface area (Å²) in [5.41, 5.74) is 1.23. The van der Waals surface area contributed by atoms with Crippen molar-refractivity contribution in [1.82, 2.24) is 10.2 Å². The van der Waals surface area contributed by atoms with Crippen molar-refractivity contribution < 1.29 is 9.53 Å². The van der Waals surface area contributed by atoms with Gasteiger partial charge in [-0.2, -0.15) is 0 Å². The summed E-state index contributed by atoms with van der Waals surface area (Å²) in [6.07, 6.45) is 4.25. The van der Waals surface area contributed by atoms with Crippen molar-refractivity contribution >= 4 is 6.03 Å². The van der Waals surface area contributed by atoms with Crippen LogP contribution < -0.4 is 10.1 Å². The molecule has 0 spiro atoms. The number of piperidine rings is 1. The van der Waals surface area contributed by atoms with Crippen LogP contribution >= 0.6 is 0 Å². The molecule has 1 aromatic carbocycles. The monoisotopic (exact) mass is 304 g/mol. The van der Waals surface area contributed by atoms with E-state index in [9.17, 15) is 4.79 Å². The van der Waals surface area contributed by atoms with Crippen molar-refractivity contribution in [3.8, 4) is 5.75 Å². The van der Waals surface area contributed by atoms with Crippen molar-refractivity contribution in [1.29, 1.82) is 0 Å². The highest BCUT2D eigenvalue weighted by atomic mass is 16.5. The average molecular weight is 304 g/mol. The number of carbonyl (C=O) groups excluding carboxylic acids is 1. The van der Waals surface area contributed by atoms with Crippen molar-refractivity contribution in [3.63, 3.8) is 0 Å². The van der Waals surface area contributed by atoms with Crippen molar-refractivity contribution in [3.05, 3.63) is 29.8 Å². The minimum atomic E-state index is 0.0648. The van der Waals surface area contributed by atoms with E-state index < -0.39 is 0 Å². The molecule has 0 radical (unpaired) electrons. The maximum Gasteiger partial charge on any atom is 0.317 e. The van der Waals surface area contributed by atoms with Crippen LogP contribution in [0.15, 0.2) is 24.3 Å². The lowest BCUT2D eigenvalue weighted by atomic mass is 9.98. The van der Waals surface area contributed by atoms with Gasteiger partial charge in [0.2, 0.25) is 0 Å². The molecule has 1 aliphatic rings. The van der Waals surface area contributed by atoms with Gasteiger partial charge in [-0.05, 0) is 58.6 Å². The molecule has 0 bridgehead atoms. The summed E-state index contributed by atoms with van der Waals surface area (Å²) in [4.78, 5) is 14.3. The van der Waals surface area contributed by atoms with Crippen LogP contribution in [0.1, 0.15) is 45.1 Å². The van der Waals surface area contributed by atoms with Crippen LogP contribution in [0.5, 0.6) is 5.75 Å². The third kappa shape index (κ3) is 4.65. The Labute approximate surface area is 133 Å². The second-order valence-electron chi connectivity index (χ2n) is 6.28. The molecule has 0 aliphatic carbocycles. The number of nitrogens with one attached hydrogen (secondary N) is 1. The van der Waals surface area contributed by atoms with Gasteiger partial charge in [-0.3, -0.25) is 0 Å². The van der Waals surface area contributed by atoms with E-state index in [1.54, 1.807) is 0 Å². The Balaban J connectivity index is 1.65. The maximum atomic E-state index is 12.3. The molecule has 4 heteroatoms. The topological polar surface area (TPSA) is 41.6 Å². The highest BCUT2D eigenvalue weighted by Crippen LogP contribution is 2.22. The van der Waals surface area contributed by atoms with Gasteiger partial charge in [0.1, 0.15) is 5.75 Å². The second kappa shape index (κ2) is 8.06. The zero-order valence-electron chi connectivity index (χ0n) is 14.0. The molecule has 1 fully saturated rings. The Morgan fingerprint density at radius 2 is 1.86 bits per heavy atom. The fourth-order valence-electron chi connectivity index (χ4n) is 3.00. The van der Waals surface area contributed by atoms with Gasteiger partial charge in [-0.25, -0.2) is 4.79 Å². The van der Waals surface area contributed by atoms with Crippen molar-refractivity contribution in [2.45, 2.75) is 58.5 Å². The zero-order chi connectivity index (χ0) is 15.9. The fourth-order valence-corrected chi connectivity index (χ4v) is 3.00. The first-order valence-corrected chi connectivity index (χ1v) is 8.33. The normalized spacial score (nSPS) is 21.5. The summed E-state index contributed by atoms with van der Waals surface area (Å²) in [6.45, 7) is 7.60. The number of nitrogens with zero attached hydrogens (tertiary/aromatic N) is 1. The lowest BCUT2D eigenvalue weighted by Crippen LogP contribution is -2.52. The van der Waals surface area contributed by atoms with Gasteiger partial charge >= 0.3 is 6.03 Å². The Morgan fingerprint density at radius 1 is 1.23 bits per heavy atom. The number of ether oxygens (including phenoxy) is 1. The lowest BCUT2D eigenvalue weighted by molar-refractivity contribution is 0.123. The highest BCUT2D eigenvalue weighted by molar-refractivity contribution is 5.74. The van der Waals surface area contributed by atoms with E-state index in [1.165, 1.54) is 12.0 Å². The number of carbonyl (C=O) groups is 1. The molecular formula is C18H28N2O2. The molecule has 122 valence electrons. The number of likely N-dealkylation sites (tertiary alicyclic amines) is 1. The third-order valence-electron chi connectivity index (χ3n) is 4.32. The summed E-state index contributed by atoms with van der Waals surface area (Å²) in [5.74, 6) is 0.884. The first-order valence-electron chi connectivity index (χ1n) is 8.33. The number of amides is 2. The van der Waals surface area contributed by atoms with Gasteiger partial charge in [0, 0.05) is 18.6 Å². The molecule has 1 aromatic rings. The summed E-state index contributed by atoms with van der Waals surface area (Å²) < 4.78 is 5.67. The van der Waals surface area contributed by atoms with Gasteiger partial charge in [0.05, 0.1) is 6.61 Å². The van der Waals surface area contributed by atoms with Gasteiger partial charge in [-0.15, -0.1) is 0 Å². The van der Waals surface area contributed by atoms with Crippen LogP contribution in [0.4, 0.5) is 4.79 Å². The Kier molecular flexibility index (Phi) is 6.10. The van der Waals surface area contributed by atoms with E-state index >= 15 is 0 Å². The van der Waals surface area contributed by atoms with Gasteiger partial charge < -0.3 is 15.0 Å². The molecule has 1 N–H and O–H groups in total. The summed E-state index contributed by atoms with van der Waals surface area (Å²) >= 11 is 0. The molecule has 2 rings (SSSR count). The molecule has 1 heterocycles. The number of aryl methyl sites for hydroxylation is 1. The number of rotatable bonds is 5. The fraction of sp³-hybridized carbons (Fsp3) is 0.611. The number of urea groups is 1. The van der Waals surface area contributed by atoms with E-state index in [0.29, 0.717) is 25.2 Å². The Hall–Kier alpha value is -1.71. The smallest absolute Gasteiger partial charge is 0.317 e. The van der Waals surface area contributed by atoms with E-state index in [1.807, 2.05) is 29.2 Å². The quantitative estimate of drug-likeness (QED) is 0.842. The molecule has 1 aliphatic heterocycles. The van der Waals surface area contributed by atoms with Crippen LogP contribution in [0, 0.1) is 6.92 Å². The SMILES string of the molecule is Cc1ccc(OCCCNC(=O)N2C(C)CCCC2C)cc1. The van der Waals surface area contributed by atoms with Crippen LogP contribution in [0.25, 0.3) is 0 Å². The minimum Gasteiger partial charge on any atom is -0.494 e. The van der Waals surface area contributed by atoms with Crippen LogP contribution in [0.3, 0.4) is 0 Å². The molecular weight excluding hydrogens is 276 g/mol. The predicted octanol–water partition coefficient (Wildman–Crippen LogP) is 3.74. The number of hydrogen-bond acceptors (Lipinski definition) is 2. The number of hydrogen-bond donors (Lipinski definition) is 1. The van der Waals surface area contributed by atoms with Gasteiger partial charge in [0.15, 0.2) is 0 Å². The molecule has 0 aromatic heterocycles. The van der Waals surface area contributed by atoms with Crippen LogP contribution in [-0.4, -0.2) is 36.2 Å². The highest BCUT2D eigenvalue weighted by Gasteiger charge is 2.28. The van der Waals surface area contributed by atoms with E-state index in [0.717, 1.165) is 25.0 Å². The predicted molar refractivity (Wildman–Crippen MR) is 89.3 cm³/mol. The van der Waals surface area contributed by atoms with Crippen molar-refractivity contribution in [2.24, 2.45) is 0 Å². The van der Waals surface area contributed by atoms with Gasteiger partial charge in [0.25, 0.3) is 0 Å². The van der Waals surface area contributed by atoms with E-state index in [2.05, 4.69) is 26.1 Å². The number of benzene rings is 1. The molecule has 2 atom stereocenters. The lowest BCUT2D eigenvalue weighted by Gasteiger charge is -2.38. The summed E-state index contributed by atoms with van der Waals surface area (Å²) in [7, 11) is 0. The first kappa shape index (κ1) is 16.7. The first-order chi connectivity index (χ1) is 10.6. The molecule has 2 unspecified atom stereocenters. The molecule has 0 saturated carbocycles. The van der Waals surface area contributed by atoms with Crippen LogP contribution in [-0.2, 0) is 0 Å². The standard InChI is InChI=1S/C18H28N2O2/c1-14-8-10-17(11-9-14)22-13-5-12-19-18(21)20-15(2)6-4-7-16(20)3/h8-11,15-16H,4-7,12-13H2,1-3H3,(H,19,21). The average Bonchev–Trinajstić information content (AvgIpc) is 2.48. The Morgan fingerprint density at radius 3 is 2.50 bits per heavy atom. The molecule has 2 amide bonds. The summed E-state index contributed by atoms with van der Waals surface area (Å²) in [6, 6.07) is 8.78. The van der Waals surface area contributed by atoms with E-state index in [-0.39, 0.29) is 6.03 Å². The van der Waals surface area contributed by atoms with Crippen LogP contribution in [0.2, 0.25) is 0 Å². The van der Waals surface area contributed by atoms with Gasteiger partial charge in [-0.1, -0.05) is 17.7 Å². The molecule has 22 heavy (non-hydrogen) atoms. The zero-order valence-corrected chi connectivity index (χ0v) is 14.0. The third-order valence-corrected chi connectivity index (χ3v) is 4.32. The van der Waals surface area contributed by atoms with E-state index in [4.69, 9.17) is 4.74 Å².